The van der Waals surface area contributed by atoms with Crippen LogP contribution in [0.5, 0.6) is 0 Å². The zero-order valence-corrected chi connectivity index (χ0v) is 12.4. The second-order valence-electron chi connectivity index (χ2n) is 5.31. The number of halogens is 1. The third-order valence-electron chi connectivity index (χ3n) is 4.23. The van der Waals surface area contributed by atoms with Crippen molar-refractivity contribution in [2.24, 2.45) is 0 Å². The number of rotatable bonds is 3. The van der Waals surface area contributed by atoms with Crippen LogP contribution in [0.2, 0.25) is 0 Å². The van der Waals surface area contributed by atoms with Gasteiger partial charge < -0.3 is 0 Å². The number of fused-ring (bicyclic) bond motifs is 1. The van der Waals surface area contributed by atoms with E-state index in [4.69, 9.17) is 11.6 Å². The van der Waals surface area contributed by atoms with Crippen molar-refractivity contribution in [2.45, 2.75) is 37.7 Å². The summed E-state index contributed by atoms with van der Waals surface area (Å²) in [5, 5.41) is 3.31. The second-order valence-corrected chi connectivity index (χ2v) is 6.47. The maximum atomic E-state index is 5.83. The Morgan fingerprint density at radius 1 is 1.50 bits per heavy atom. The summed E-state index contributed by atoms with van der Waals surface area (Å²) in [6, 6.07) is 1.23. The zero-order chi connectivity index (χ0) is 12.5. The summed E-state index contributed by atoms with van der Waals surface area (Å²) in [7, 11) is 0. The van der Waals surface area contributed by atoms with Crippen molar-refractivity contribution in [2.75, 3.05) is 26.2 Å². The molecule has 2 aliphatic heterocycles. The summed E-state index contributed by atoms with van der Waals surface area (Å²) in [6.45, 7) is 7.19. The van der Waals surface area contributed by atoms with Crippen LogP contribution in [0.3, 0.4) is 0 Å². The topological polar surface area (TPSA) is 19.4 Å². The van der Waals surface area contributed by atoms with E-state index >= 15 is 0 Å². The van der Waals surface area contributed by atoms with Crippen LogP contribution in [0.15, 0.2) is 5.38 Å². The fourth-order valence-electron chi connectivity index (χ4n) is 3.10. The number of nitrogens with zero attached hydrogens (tertiary/aromatic N) is 3. The Morgan fingerprint density at radius 2 is 2.39 bits per heavy atom. The van der Waals surface area contributed by atoms with Crippen LogP contribution < -0.4 is 0 Å². The number of piperazine rings is 1. The normalized spacial score (nSPS) is 27.3. The largest absolute Gasteiger partial charge is 0.298 e. The van der Waals surface area contributed by atoms with E-state index in [2.05, 4.69) is 27.1 Å². The molecule has 100 valence electrons. The highest BCUT2D eigenvalue weighted by atomic mass is 35.5. The molecule has 3 heterocycles. The van der Waals surface area contributed by atoms with E-state index in [0.717, 1.165) is 11.7 Å². The van der Waals surface area contributed by atoms with Gasteiger partial charge in [0.1, 0.15) is 5.01 Å². The standard InChI is InChI=1S/C13H20ClN3S/c1-10(13-15-11(7-14)9-18-13)17-6-5-16-4-2-3-12(16)8-17/h9-10,12H,2-8H2,1H3. The highest BCUT2D eigenvalue weighted by Crippen LogP contribution is 2.29. The Hall–Kier alpha value is -0.160. The summed E-state index contributed by atoms with van der Waals surface area (Å²) >= 11 is 7.58. The third-order valence-corrected chi connectivity index (χ3v) is 5.57. The maximum absolute atomic E-state index is 5.83. The summed E-state index contributed by atoms with van der Waals surface area (Å²) < 4.78 is 0. The van der Waals surface area contributed by atoms with Crippen molar-refractivity contribution in [1.29, 1.82) is 0 Å². The SMILES string of the molecule is CC(c1nc(CCl)cs1)N1CCN2CCCC2C1. The lowest BCUT2D eigenvalue weighted by Crippen LogP contribution is -2.50. The quantitative estimate of drug-likeness (QED) is 0.796. The Bertz CT molecular complexity index is 409. The molecule has 1 aromatic heterocycles. The van der Waals surface area contributed by atoms with E-state index in [9.17, 15) is 0 Å². The highest BCUT2D eigenvalue weighted by molar-refractivity contribution is 7.09. The van der Waals surface area contributed by atoms with Crippen molar-refractivity contribution in [1.82, 2.24) is 14.8 Å². The lowest BCUT2D eigenvalue weighted by atomic mass is 10.1. The number of hydrogen-bond donors (Lipinski definition) is 0. The predicted molar refractivity (Wildman–Crippen MR) is 76.3 cm³/mol. The molecular formula is C13H20ClN3S. The first-order valence-corrected chi connectivity index (χ1v) is 8.17. The van der Waals surface area contributed by atoms with E-state index in [-0.39, 0.29) is 0 Å². The molecule has 0 aliphatic carbocycles. The Kier molecular flexibility index (Phi) is 3.89. The molecule has 2 saturated heterocycles. The van der Waals surface area contributed by atoms with Crippen molar-refractivity contribution in [3.8, 4) is 0 Å². The number of alkyl halides is 1. The third kappa shape index (κ3) is 2.44. The second kappa shape index (κ2) is 5.45. The zero-order valence-electron chi connectivity index (χ0n) is 10.8. The molecule has 3 nitrogen and oxygen atoms in total. The summed E-state index contributed by atoms with van der Waals surface area (Å²) in [4.78, 5) is 9.86. The minimum atomic E-state index is 0.440. The molecule has 0 bridgehead atoms. The van der Waals surface area contributed by atoms with Gasteiger partial charge in [-0.25, -0.2) is 4.98 Å². The molecule has 0 aromatic carbocycles. The molecular weight excluding hydrogens is 266 g/mol. The van der Waals surface area contributed by atoms with Gasteiger partial charge in [0.05, 0.1) is 17.6 Å². The Morgan fingerprint density at radius 3 is 3.17 bits per heavy atom. The average Bonchev–Trinajstić information content (AvgIpc) is 3.05. The van der Waals surface area contributed by atoms with Gasteiger partial charge in [-0.2, -0.15) is 0 Å². The molecule has 2 fully saturated rings. The predicted octanol–water partition coefficient (Wildman–Crippen LogP) is 2.72. The van der Waals surface area contributed by atoms with Crippen LogP contribution in [-0.2, 0) is 5.88 Å². The van der Waals surface area contributed by atoms with Gasteiger partial charge in [-0.1, -0.05) is 0 Å². The van der Waals surface area contributed by atoms with Crippen LogP contribution in [0.1, 0.15) is 36.5 Å². The van der Waals surface area contributed by atoms with Crippen molar-refractivity contribution in [3.63, 3.8) is 0 Å². The monoisotopic (exact) mass is 285 g/mol. The van der Waals surface area contributed by atoms with Gasteiger partial charge >= 0.3 is 0 Å². The van der Waals surface area contributed by atoms with Crippen LogP contribution in [-0.4, -0.2) is 47.0 Å². The maximum Gasteiger partial charge on any atom is 0.110 e. The number of thiazole rings is 1. The molecule has 0 radical (unpaired) electrons. The van der Waals surface area contributed by atoms with Gasteiger partial charge in [-0.15, -0.1) is 22.9 Å². The highest BCUT2D eigenvalue weighted by Gasteiger charge is 2.33. The molecule has 2 atom stereocenters. The minimum absolute atomic E-state index is 0.440. The van der Waals surface area contributed by atoms with Gasteiger partial charge in [0.25, 0.3) is 0 Å². The molecule has 5 heteroatoms. The van der Waals surface area contributed by atoms with Gasteiger partial charge in [0.15, 0.2) is 0 Å². The minimum Gasteiger partial charge on any atom is -0.298 e. The van der Waals surface area contributed by atoms with Crippen LogP contribution >= 0.6 is 22.9 Å². The molecule has 18 heavy (non-hydrogen) atoms. The van der Waals surface area contributed by atoms with Crippen molar-refractivity contribution >= 4 is 22.9 Å². The van der Waals surface area contributed by atoms with E-state index in [1.54, 1.807) is 11.3 Å². The average molecular weight is 286 g/mol. The first-order chi connectivity index (χ1) is 8.78. The number of hydrogen-bond acceptors (Lipinski definition) is 4. The molecule has 2 aliphatic rings. The molecule has 0 spiro atoms. The Labute approximate surface area is 118 Å². The van der Waals surface area contributed by atoms with E-state index in [1.807, 2.05) is 0 Å². The van der Waals surface area contributed by atoms with E-state index < -0.39 is 0 Å². The lowest BCUT2D eigenvalue weighted by molar-refractivity contribution is 0.0769. The first kappa shape index (κ1) is 12.9. The van der Waals surface area contributed by atoms with Crippen LogP contribution in [0.4, 0.5) is 0 Å². The van der Waals surface area contributed by atoms with Gasteiger partial charge in [0, 0.05) is 31.1 Å². The fourth-order valence-corrected chi connectivity index (χ4v) is 4.24. The summed E-state index contributed by atoms with van der Waals surface area (Å²) in [6.07, 6.45) is 2.74. The lowest BCUT2D eigenvalue weighted by Gasteiger charge is -2.40. The van der Waals surface area contributed by atoms with Gasteiger partial charge in [0.2, 0.25) is 0 Å². The van der Waals surface area contributed by atoms with E-state index in [0.29, 0.717) is 11.9 Å². The molecule has 0 N–H and O–H groups in total. The summed E-state index contributed by atoms with van der Waals surface area (Å²) in [5.41, 5.74) is 1.02. The van der Waals surface area contributed by atoms with Crippen LogP contribution in [0.25, 0.3) is 0 Å². The molecule has 0 saturated carbocycles. The van der Waals surface area contributed by atoms with Crippen molar-refractivity contribution < 1.29 is 0 Å². The molecule has 1 aromatic rings. The van der Waals surface area contributed by atoms with Crippen molar-refractivity contribution in [3.05, 3.63) is 16.1 Å². The fraction of sp³-hybridized carbons (Fsp3) is 0.769. The van der Waals surface area contributed by atoms with Crippen LogP contribution in [0, 0.1) is 0 Å². The molecule has 0 amide bonds. The molecule has 3 rings (SSSR count). The van der Waals surface area contributed by atoms with Gasteiger partial charge in [-0.05, 0) is 26.3 Å². The smallest absolute Gasteiger partial charge is 0.110 e. The van der Waals surface area contributed by atoms with E-state index in [1.165, 1.54) is 44.0 Å². The summed E-state index contributed by atoms with van der Waals surface area (Å²) in [5.74, 6) is 0.527. The number of aromatic nitrogens is 1. The van der Waals surface area contributed by atoms with Gasteiger partial charge in [-0.3, -0.25) is 9.80 Å². The Balaban J connectivity index is 1.67. The first-order valence-electron chi connectivity index (χ1n) is 6.76. The molecule has 2 unspecified atom stereocenters.